The highest BCUT2D eigenvalue weighted by Crippen LogP contribution is 2.09. The van der Waals surface area contributed by atoms with Crippen molar-refractivity contribution in [1.29, 1.82) is 0 Å². The van der Waals surface area contributed by atoms with Gasteiger partial charge in [0.05, 0.1) is 0 Å². The minimum absolute atomic E-state index is 1.12. The standard InChI is InChI=1S/C10H20N2/c1-4-12(5-2)8-9(3)10-6-11-7-10/h11H,4-8H2,1-3H3. The molecule has 0 radical (unpaired) electrons. The van der Waals surface area contributed by atoms with Crippen LogP contribution < -0.4 is 5.32 Å². The maximum Gasteiger partial charge on any atom is 0.0193 e. The van der Waals surface area contributed by atoms with E-state index in [9.17, 15) is 0 Å². The Labute approximate surface area is 75.6 Å². The van der Waals surface area contributed by atoms with Crippen LogP contribution in [0.1, 0.15) is 20.8 Å². The van der Waals surface area contributed by atoms with E-state index >= 15 is 0 Å². The fraction of sp³-hybridized carbons (Fsp3) is 0.800. The van der Waals surface area contributed by atoms with E-state index in [4.69, 9.17) is 0 Å². The molecule has 0 atom stereocenters. The fourth-order valence-corrected chi connectivity index (χ4v) is 1.45. The maximum atomic E-state index is 3.28. The third-order valence-corrected chi connectivity index (χ3v) is 2.64. The second-order valence-corrected chi connectivity index (χ2v) is 3.45. The fourth-order valence-electron chi connectivity index (χ4n) is 1.45. The van der Waals surface area contributed by atoms with E-state index in [1.54, 1.807) is 11.1 Å². The van der Waals surface area contributed by atoms with Gasteiger partial charge in [-0.1, -0.05) is 19.4 Å². The molecule has 1 aliphatic rings. The zero-order chi connectivity index (χ0) is 8.97. The summed E-state index contributed by atoms with van der Waals surface area (Å²) in [6.07, 6.45) is 0. The van der Waals surface area contributed by atoms with Gasteiger partial charge in [-0.05, 0) is 25.6 Å². The molecule has 0 aromatic heterocycles. The smallest absolute Gasteiger partial charge is 0.0193 e. The first-order valence-electron chi connectivity index (χ1n) is 4.88. The predicted molar refractivity (Wildman–Crippen MR) is 53.4 cm³/mol. The molecule has 1 saturated heterocycles. The quantitative estimate of drug-likeness (QED) is 0.636. The molecule has 0 aromatic carbocycles. The van der Waals surface area contributed by atoms with Gasteiger partial charge in [-0.25, -0.2) is 0 Å². The summed E-state index contributed by atoms with van der Waals surface area (Å²) in [5, 5.41) is 3.28. The number of likely N-dealkylation sites (N-methyl/N-ethyl adjacent to an activating group) is 1. The molecular weight excluding hydrogens is 148 g/mol. The van der Waals surface area contributed by atoms with E-state index in [0.29, 0.717) is 0 Å². The van der Waals surface area contributed by atoms with E-state index in [-0.39, 0.29) is 0 Å². The summed E-state index contributed by atoms with van der Waals surface area (Å²) in [6, 6.07) is 0. The Kier molecular flexibility index (Phi) is 3.76. The minimum atomic E-state index is 1.12. The van der Waals surface area contributed by atoms with Crippen LogP contribution in [-0.2, 0) is 0 Å². The van der Waals surface area contributed by atoms with Crippen LogP contribution in [0.4, 0.5) is 0 Å². The first-order chi connectivity index (χ1) is 5.77. The number of hydrogen-bond donors (Lipinski definition) is 1. The van der Waals surface area contributed by atoms with Crippen LogP contribution in [0.3, 0.4) is 0 Å². The molecule has 12 heavy (non-hydrogen) atoms. The van der Waals surface area contributed by atoms with Crippen LogP contribution in [0.5, 0.6) is 0 Å². The molecule has 1 aliphatic heterocycles. The molecule has 0 bridgehead atoms. The minimum Gasteiger partial charge on any atom is -0.309 e. The second-order valence-electron chi connectivity index (χ2n) is 3.45. The van der Waals surface area contributed by atoms with Crippen LogP contribution >= 0.6 is 0 Å². The molecule has 2 nitrogen and oxygen atoms in total. The lowest BCUT2D eigenvalue weighted by Gasteiger charge is -2.25. The molecular formula is C10H20N2. The molecule has 0 aromatic rings. The molecule has 70 valence electrons. The van der Waals surface area contributed by atoms with Crippen molar-refractivity contribution in [2.24, 2.45) is 0 Å². The Morgan fingerprint density at radius 2 is 1.92 bits per heavy atom. The van der Waals surface area contributed by atoms with Crippen molar-refractivity contribution in [3.8, 4) is 0 Å². The maximum absolute atomic E-state index is 3.28. The van der Waals surface area contributed by atoms with E-state index in [2.05, 4.69) is 31.0 Å². The molecule has 1 rings (SSSR count). The lowest BCUT2D eigenvalue weighted by atomic mass is 10.0. The Bertz CT molecular complexity index is 163. The van der Waals surface area contributed by atoms with E-state index in [0.717, 1.165) is 32.7 Å². The molecule has 1 fully saturated rings. The van der Waals surface area contributed by atoms with Crippen LogP contribution in [0.15, 0.2) is 11.1 Å². The molecule has 0 amide bonds. The monoisotopic (exact) mass is 168 g/mol. The van der Waals surface area contributed by atoms with Crippen LogP contribution in [-0.4, -0.2) is 37.6 Å². The van der Waals surface area contributed by atoms with Gasteiger partial charge in [0.15, 0.2) is 0 Å². The summed E-state index contributed by atoms with van der Waals surface area (Å²) in [6.45, 7) is 12.4. The molecule has 0 aliphatic carbocycles. The van der Waals surface area contributed by atoms with Gasteiger partial charge in [-0.15, -0.1) is 0 Å². The largest absolute Gasteiger partial charge is 0.309 e. The average molecular weight is 168 g/mol. The summed E-state index contributed by atoms with van der Waals surface area (Å²) in [4.78, 5) is 2.46. The zero-order valence-electron chi connectivity index (χ0n) is 8.48. The van der Waals surface area contributed by atoms with Crippen LogP contribution in [0.2, 0.25) is 0 Å². The molecule has 1 heterocycles. The van der Waals surface area contributed by atoms with Crippen molar-refractivity contribution in [3.63, 3.8) is 0 Å². The Morgan fingerprint density at radius 3 is 2.25 bits per heavy atom. The average Bonchev–Trinajstić information content (AvgIpc) is 1.96. The number of hydrogen-bond acceptors (Lipinski definition) is 2. The Balaban J connectivity index is 2.38. The molecule has 1 N–H and O–H groups in total. The van der Waals surface area contributed by atoms with Gasteiger partial charge in [0.25, 0.3) is 0 Å². The first-order valence-corrected chi connectivity index (χ1v) is 4.88. The Morgan fingerprint density at radius 1 is 1.33 bits per heavy atom. The highest BCUT2D eigenvalue weighted by Gasteiger charge is 2.11. The predicted octanol–water partition coefficient (Wildman–Crippen LogP) is 1.25. The molecule has 2 heteroatoms. The highest BCUT2D eigenvalue weighted by atomic mass is 15.1. The van der Waals surface area contributed by atoms with Gasteiger partial charge < -0.3 is 5.32 Å². The third kappa shape index (κ3) is 2.32. The van der Waals surface area contributed by atoms with Gasteiger partial charge in [-0.2, -0.15) is 0 Å². The van der Waals surface area contributed by atoms with Gasteiger partial charge in [0.1, 0.15) is 0 Å². The lowest BCUT2D eigenvalue weighted by Crippen LogP contribution is -2.36. The van der Waals surface area contributed by atoms with Gasteiger partial charge in [-0.3, -0.25) is 4.90 Å². The van der Waals surface area contributed by atoms with E-state index in [1.165, 1.54) is 0 Å². The lowest BCUT2D eigenvalue weighted by molar-refractivity contribution is 0.327. The number of nitrogens with one attached hydrogen (secondary N) is 1. The number of nitrogens with zero attached hydrogens (tertiary/aromatic N) is 1. The van der Waals surface area contributed by atoms with Crippen LogP contribution in [0, 0.1) is 0 Å². The summed E-state index contributed by atoms with van der Waals surface area (Å²) in [5.74, 6) is 0. The Hall–Kier alpha value is -0.340. The van der Waals surface area contributed by atoms with Crippen molar-refractivity contribution in [3.05, 3.63) is 11.1 Å². The van der Waals surface area contributed by atoms with E-state index < -0.39 is 0 Å². The van der Waals surface area contributed by atoms with Gasteiger partial charge >= 0.3 is 0 Å². The van der Waals surface area contributed by atoms with Crippen molar-refractivity contribution < 1.29 is 0 Å². The zero-order valence-corrected chi connectivity index (χ0v) is 8.48. The van der Waals surface area contributed by atoms with E-state index in [1.807, 2.05) is 0 Å². The van der Waals surface area contributed by atoms with Crippen molar-refractivity contribution in [2.75, 3.05) is 32.7 Å². The topological polar surface area (TPSA) is 15.3 Å². The second kappa shape index (κ2) is 4.63. The summed E-state index contributed by atoms with van der Waals surface area (Å²) in [7, 11) is 0. The molecule has 0 saturated carbocycles. The third-order valence-electron chi connectivity index (χ3n) is 2.64. The first kappa shape index (κ1) is 9.75. The summed E-state index contributed by atoms with van der Waals surface area (Å²) < 4.78 is 0. The molecule has 0 spiro atoms. The molecule has 0 unspecified atom stereocenters. The summed E-state index contributed by atoms with van der Waals surface area (Å²) >= 11 is 0. The van der Waals surface area contributed by atoms with Gasteiger partial charge in [0, 0.05) is 19.6 Å². The van der Waals surface area contributed by atoms with Crippen molar-refractivity contribution in [2.45, 2.75) is 20.8 Å². The van der Waals surface area contributed by atoms with Crippen LogP contribution in [0.25, 0.3) is 0 Å². The van der Waals surface area contributed by atoms with Crippen molar-refractivity contribution in [1.82, 2.24) is 10.2 Å². The normalized spacial score (nSPS) is 16.5. The van der Waals surface area contributed by atoms with Gasteiger partial charge in [0.2, 0.25) is 0 Å². The SMILES string of the molecule is CCN(CC)CC(C)=C1CNC1. The summed E-state index contributed by atoms with van der Waals surface area (Å²) in [5.41, 5.74) is 3.18. The number of rotatable bonds is 4. The van der Waals surface area contributed by atoms with Crippen molar-refractivity contribution >= 4 is 0 Å². The highest BCUT2D eigenvalue weighted by molar-refractivity contribution is 5.22.